The number of nitrogens with zero attached hydrogens (tertiary/aromatic N) is 1. The molecular formula is C8H17NO4Si. The van der Waals surface area contributed by atoms with E-state index in [1.165, 1.54) is 12.3 Å². The van der Waals surface area contributed by atoms with Gasteiger partial charge >= 0.3 is 5.97 Å². The fourth-order valence-corrected chi connectivity index (χ4v) is 1.88. The second-order valence-corrected chi connectivity index (χ2v) is 8.57. The Balaban J connectivity index is 2.38. The molecule has 1 aliphatic rings. The monoisotopic (exact) mass is 219 g/mol. The third kappa shape index (κ3) is 3.37. The third-order valence-electron chi connectivity index (χ3n) is 1.66. The van der Waals surface area contributed by atoms with E-state index in [-0.39, 0.29) is 5.97 Å². The van der Waals surface area contributed by atoms with Gasteiger partial charge in [-0.05, 0) is 19.6 Å². The Morgan fingerprint density at radius 1 is 1.50 bits per heavy atom. The average molecular weight is 219 g/mol. The lowest BCUT2D eigenvalue weighted by Crippen LogP contribution is -2.36. The van der Waals surface area contributed by atoms with Gasteiger partial charge < -0.3 is 9.26 Å². The van der Waals surface area contributed by atoms with Crippen molar-refractivity contribution in [2.45, 2.75) is 32.2 Å². The van der Waals surface area contributed by atoms with Gasteiger partial charge in [0, 0.05) is 6.42 Å². The molecule has 6 heteroatoms. The zero-order valence-corrected chi connectivity index (χ0v) is 10.1. The van der Waals surface area contributed by atoms with E-state index in [1.54, 1.807) is 0 Å². The SMILES string of the molecule is COC(=O)C1CCN(O[Si](C)(C)C)O1. The van der Waals surface area contributed by atoms with Gasteiger partial charge in [-0.25, -0.2) is 4.79 Å². The highest BCUT2D eigenvalue weighted by Gasteiger charge is 2.33. The minimum atomic E-state index is -1.65. The van der Waals surface area contributed by atoms with Crippen LogP contribution in [-0.2, 0) is 18.9 Å². The molecule has 0 N–H and O–H groups in total. The first-order valence-electron chi connectivity index (χ1n) is 4.63. The standard InChI is InChI=1S/C8H17NO4Si/c1-11-8(10)7-5-6-9(12-7)13-14(2,3)4/h7H,5-6H2,1-4H3. The lowest BCUT2D eigenvalue weighted by atomic mass is 10.3. The van der Waals surface area contributed by atoms with E-state index in [0.29, 0.717) is 13.0 Å². The second-order valence-electron chi connectivity index (χ2n) is 4.17. The van der Waals surface area contributed by atoms with Gasteiger partial charge in [-0.2, -0.15) is 0 Å². The second kappa shape index (κ2) is 4.39. The average Bonchev–Trinajstić information content (AvgIpc) is 2.48. The zero-order valence-electron chi connectivity index (χ0n) is 9.07. The van der Waals surface area contributed by atoms with Crippen molar-refractivity contribution in [3.8, 4) is 0 Å². The first-order chi connectivity index (χ1) is 6.42. The molecule has 0 aromatic heterocycles. The summed E-state index contributed by atoms with van der Waals surface area (Å²) in [5.74, 6) is -0.341. The molecule has 0 aromatic carbocycles. The van der Waals surface area contributed by atoms with Crippen molar-refractivity contribution in [2.24, 2.45) is 0 Å². The summed E-state index contributed by atoms with van der Waals surface area (Å²) in [6, 6.07) is 0. The van der Waals surface area contributed by atoms with E-state index >= 15 is 0 Å². The van der Waals surface area contributed by atoms with Crippen LogP contribution in [0.15, 0.2) is 0 Å². The highest BCUT2D eigenvalue weighted by atomic mass is 28.4. The van der Waals surface area contributed by atoms with E-state index in [1.807, 2.05) is 0 Å². The molecule has 0 aliphatic carbocycles. The van der Waals surface area contributed by atoms with Crippen molar-refractivity contribution in [3.05, 3.63) is 0 Å². The summed E-state index contributed by atoms with van der Waals surface area (Å²) in [4.78, 5) is 16.4. The van der Waals surface area contributed by atoms with Gasteiger partial charge in [-0.15, -0.1) is 0 Å². The van der Waals surface area contributed by atoms with Crippen molar-refractivity contribution in [1.29, 1.82) is 0 Å². The molecule has 0 bridgehead atoms. The Morgan fingerprint density at radius 3 is 2.64 bits per heavy atom. The van der Waals surface area contributed by atoms with Gasteiger partial charge in [0.15, 0.2) is 6.10 Å². The number of rotatable bonds is 3. The van der Waals surface area contributed by atoms with Gasteiger partial charge in [0.05, 0.1) is 13.7 Å². The molecule has 14 heavy (non-hydrogen) atoms. The Kier molecular flexibility index (Phi) is 3.65. The summed E-state index contributed by atoms with van der Waals surface area (Å²) >= 11 is 0. The summed E-state index contributed by atoms with van der Waals surface area (Å²) in [6.45, 7) is 6.79. The van der Waals surface area contributed by atoms with E-state index < -0.39 is 14.4 Å². The molecular weight excluding hydrogens is 202 g/mol. The number of methoxy groups -OCH3 is 1. The molecule has 0 amide bonds. The summed E-state index contributed by atoms with van der Waals surface area (Å²) in [5, 5.41) is 1.41. The van der Waals surface area contributed by atoms with Crippen molar-refractivity contribution in [2.75, 3.05) is 13.7 Å². The third-order valence-corrected chi connectivity index (χ3v) is 2.41. The molecule has 0 radical (unpaired) electrons. The summed E-state index contributed by atoms with van der Waals surface area (Å²) in [5.41, 5.74) is 0. The molecule has 0 saturated carbocycles. The van der Waals surface area contributed by atoms with Crippen LogP contribution in [-0.4, -0.2) is 39.3 Å². The van der Waals surface area contributed by atoms with E-state index in [4.69, 9.17) is 9.36 Å². The molecule has 1 unspecified atom stereocenters. The largest absolute Gasteiger partial charge is 0.467 e. The molecule has 1 rings (SSSR count). The fourth-order valence-electron chi connectivity index (χ4n) is 1.13. The molecule has 5 nitrogen and oxygen atoms in total. The zero-order chi connectivity index (χ0) is 10.8. The maximum Gasteiger partial charge on any atom is 0.337 e. The molecule has 1 atom stereocenters. The summed E-state index contributed by atoms with van der Waals surface area (Å²) in [7, 11) is -0.293. The lowest BCUT2D eigenvalue weighted by molar-refractivity contribution is -0.306. The van der Waals surface area contributed by atoms with Gasteiger partial charge in [0.25, 0.3) is 0 Å². The number of hydrogen-bond donors (Lipinski definition) is 0. The highest BCUT2D eigenvalue weighted by molar-refractivity contribution is 6.69. The summed E-state index contributed by atoms with van der Waals surface area (Å²) in [6.07, 6.45) is 0.119. The Labute approximate surface area is 85.0 Å². The van der Waals surface area contributed by atoms with Crippen LogP contribution in [0, 0.1) is 0 Å². The van der Waals surface area contributed by atoms with Crippen LogP contribution in [0.25, 0.3) is 0 Å². The van der Waals surface area contributed by atoms with E-state index in [0.717, 1.165) is 0 Å². The molecule has 1 aliphatic heterocycles. The van der Waals surface area contributed by atoms with Gasteiger partial charge in [0.1, 0.15) is 0 Å². The van der Waals surface area contributed by atoms with Crippen LogP contribution in [0.2, 0.25) is 19.6 Å². The summed E-state index contributed by atoms with van der Waals surface area (Å²) < 4.78 is 10.1. The number of hydrogen-bond acceptors (Lipinski definition) is 5. The van der Waals surface area contributed by atoms with Gasteiger partial charge in [0.2, 0.25) is 8.32 Å². The number of carbonyl (C=O) groups excluding carboxylic acids is 1. The van der Waals surface area contributed by atoms with Crippen LogP contribution in [0.5, 0.6) is 0 Å². The number of carbonyl (C=O) groups is 1. The van der Waals surface area contributed by atoms with Gasteiger partial charge in [-0.3, -0.25) is 4.84 Å². The lowest BCUT2D eigenvalue weighted by Gasteiger charge is -2.23. The molecule has 1 saturated heterocycles. The Bertz CT molecular complexity index is 216. The van der Waals surface area contributed by atoms with Crippen LogP contribution < -0.4 is 0 Å². The maximum atomic E-state index is 11.1. The maximum absolute atomic E-state index is 11.1. The first-order valence-corrected chi connectivity index (χ1v) is 8.04. The van der Waals surface area contributed by atoms with Crippen molar-refractivity contribution < 1.29 is 18.9 Å². The normalized spacial score (nSPS) is 23.9. The Hall–Kier alpha value is -0.433. The van der Waals surface area contributed by atoms with Crippen molar-refractivity contribution >= 4 is 14.3 Å². The predicted molar refractivity (Wildman–Crippen MR) is 52.6 cm³/mol. The minimum Gasteiger partial charge on any atom is -0.467 e. The molecule has 1 fully saturated rings. The number of ether oxygens (including phenoxy) is 1. The molecule has 0 aromatic rings. The highest BCUT2D eigenvalue weighted by Crippen LogP contribution is 2.18. The van der Waals surface area contributed by atoms with Crippen molar-refractivity contribution in [1.82, 2.24) is 5.23 Å². The smallest absolute Gasteiger partial charge is 0.337 e. The van der Waals surface area contributed by atoms with Crippen LogP contribution >= 0.6 is 0 Å². The van der Waals surface area contributed by atoms with Crippen molar-refractivity contribution in [3.63, 3.8) is 0 Å². The molecule has 82 valence electrons. The topological polar surface area (TPSA) is 48.0 Å². The first kappa shape index (κ1) is 11.6. The van der Waals surface area contributed by atoms with Crippen LogP contribution in [0.3, 0.4) is 0 Å². The number of esters is 1. The van der Waals surface area contributed by atoms with Gasteiger partial charge in [-0.1, -0.05) is 5.23 Å². The Morgan fingerprint density at radius 2 is 2.14 bits per heavy atom. The van der Waals surface area contributed by atoms with E-state index in [9.17, 15) is 4.79 Å². The van der Waals surface area contributed by atoms with Crippen LogP contribution in [0.1, 0.15) is 6.42 Å². The quantitative estimate of drug-likeness (QED) is 0.522. The molecule has 0 spiro atoms. The molecule has 1 heterocycles. The van der Waals surface area contributed by atoms with E-state index in [2.05, 4.69) is 24.4 Å². The number of hydroxylamine groups is 2. The fraction of sp³-hybridized carbons (Fsp3) is 0.875. The minimum absolute atomic E-state index is 0.341. The van der Waals surface area contributed by atoms with Crippen LogP contribution in [0.4, 0.5) is 0 Å². The predicted octanol–water partition coefficient (Wildman–Crippen LogP) is 0.932.